The monoisotopic (exact) mass is 351 g/mol. The first-order chi connectivity index (χ1) is 11.8. The van der Waals surface area contributed by atoms with E-state index in [0.29, 0.717) is 19.0 Å². The molecule has 2 heterocycles. The Kier molecular flexibility index (Phi) is 5.34. The lowest BCUT2D eigenvalue weighted by Crippen LogP contribution is -2.48. The second-order valence-corrected chi connectivity index (χ2v) is 7.86. The van der Waals surface area contributed by atoms with Gasteiger partial charge in [0.2, 0.25) is 5.91 Å². The van der Waals surface area contributed by atoms with Gasteiger partial charge in [-0.2, -0.15) is 5.10 Å². The minimum atomic E-state index is -0.663. The van der Waals surface area contributed by atoms with Crippen LogP contribution < -0.4 is 10.1 Å². The average molecular weight is 351 g/mol. The van der Waals surface area contributed by atoms with Gasteiger partial charge < -0.3 is 19.9 Å². The van der Waals surface area contributed by atoms with Crippen molar-refractivity contribution in [3.05, 3.63) is 12.4 Å². The van der Waals surface area contributed by atoms with Gasteiger partial charge in [-0.3, -0.25) is 9.48 Å². The lowest BCUT2D eigenvalue weighted by Gasteiger charge is -2.35. The SMILES string of the molecule is Cn1cc(O[C@@H]2COC[C@@H]2NC(=O)C2CCC(C(C)(C)O)CC2)cn1. The van der Waals surface area contributed by atoms with Crippen molar-refractivity contribution in [2.24, 2.45) is 18.9 Å². The number of nitrogens with one attached hydrogen (secondary N) is 1. The topological polar surface area (TPSA) is 85.6 Å². The average Bonchev–Trinajstić information content (AvgIpc) is 3.16. The minimum absolute atomic E-state index is 0.0123. The normalized spacial score (nSPS) is 30.2. The third kappa shape index (κ3) is 4.52. The van der Waals surface area contributed by atoms with Crippen LogP contribution in [0.5, 0.6) is 5.75 Å². The summed E-state index contributed by atoms with van der Waals surface area (Å²) in [6, 6.07) is -0.139. The number of aromatic nitrogens is 2. The van der Waals surface area contributed by atoms with Crippen molar-refractivity contribution >= 4 is 5.91 Å². The molecule has 0 aromatic carbocycles. The maximum absolute atomic E-state index is 12.6. The van der Waals surface area contributed by atoms with Crippen LogP contribution in [0.25, 0.3) is 0 Å². The molecule has 2 atom stereocenters. The molecule has 2 aliphatic rings. The van der Waals surface area contributed by atoms with E-state index < -0.39 is 5.60 Å². The number of ether oxygens (including phenoxy) is 2. The third-order valence-electron chi connectivity index (χ3n) is 5.42. The van der Waals surface area contributed by atoms with Crippen molar-refractivity contribution in [2.45, 2.75) is 57.3 Å². The van der Waals surface area contributed by atoms with Crippen molar-refractivity contribution in [1.82, 2.24) is 15.1 Å². The summed E-state index contributed by atoms with van der Waals surface area (Å²) in [5, 5.41) is 17.3. The molecule has 1 amide bonds. The molecule has 1 saturated carbocycles. The summed E-state index contributed by atoms with van der Waals surface area (Å²) in [5.74, 6) is 1.04. The van der Waals surface area contributed by atoms with Crippen molar-refractivity contribution in [2.75, 3.05) is 13.2 Å². The number of aryl methyl sites for hydroxylation is 1. The van der Waals surface area contributed by atoms with Gasteiger partial charge in [0.25, 0.3) is 0 Å². The van der Waals surface area contributed by atoms with E-state index in [-0.39, 0.29) is 29.9 Å². The van der Waals surface area contributed by atoms with Crippen molar-refractivity contribution in [3.8, 4) is 5.75 Å². The Bertz CT molecular complexity index is 587. The van der Waals surface area contributed by atoms with Gasteiger partial charge in [-0.1, -0.05) is 0 Å². The molecule has 25 heavy (non-hydrogen) atoms. The van der Waals surface area contributed by atoms with Crippen molar-refractivity contribution < 1.29 is 19.4 Å². The Morgan fingerprint density at radius 2 is 2.08 bits per heavy atom. The van der Waals surface area contributed by atoms with Crippen LogP contribution >= 0.6 is 0 Å². The fourth-order valence-electron chi connectivity index (χ4n) is 3.78. The van der Waals surface area contributed by atoms with Gasteiger partial charge in [0.15, 0.2) is 5.75 Å². The Hall–Kier alpha value is -1.60. The molecular formula is C18H29N3O4. The predicted molar refractivity (Wildman–Crippen MR) is 92.1 cm³/mol. The van der Waals surface area contributed by atoms with Gasteiger partial charge in [-0.05, 0) is 45.4 Å². The summed E-state index contributed by atoms with van der Waals surface area (Å²) >= 11 is 0. The highest BCUT2D eigenvalue weighted by atomic mass is 16.5. The van der Waals surface area contributed by atoms with Gasteiger partial charge >= 0.3 is 0 Å². The number of amides is 1. The summed E-state index contributed by atoms with van der Waals surface area (Å²) < 4.78 is 13.1. The van der Waals surface area contributed by atoms with Crippen LogP contribution in [-0.2, 0) is 16.6 Å². The quantitative estimate of drug-likeness (QED) is 0.834. The van der Waals surface area contributed by atoms with Crippen LogP contribution in [-0.4, -0.2) is 51.8 Å². The molecule has 0 radical (unpaired) electrons. The van der Waals surface area contributed by atoms with Crippen molar-refractivity contribution in [3.63, 3.8) is 0 Å². The van der Waals surface area contributed by atoms with Crippen molar-refractivity contribution in [1.29, 1.82) is 0 Å². The van der Waals surface area contributed by atoms with Gasteiger partial charge in [0.05, 0.1) is 37.3 Å². The number of nitrogens with zero attached hydrogens (tertiary/aromatic N) is 2. The van der Waals surface area contributed by atoms with Gasteiger partial charge in [0, 0.05) is 13.0 Å². The van der Waals surface area contributed by atoms with Crippen LogP contribution in [0.1, 0.15) is 39.5 Å². The third-order valence-corrected chi connectivity index (χ3v) is 5.42. The van der Waals surface area contributed by atoms with Crippen LogP contribution in [0.4, 0.5) is 0 Å². The van der Waals surface area contributed by atoms with E-state index in [9.17, 15) is 9.90 Å². The molecule has 1 aromatic rings. The van der Waals surface area contributed by atoms with Gasteiger partial charge in [0.1, 0.15) is 6.10 Å². The summed E-state index contributed by atoms with van der Waals surface area (Å²) in [5.41, 5.74) is -0.663. The van der Waals surface area contributed by atoms with Gasteiger partial charge in [-0.15, -0.1) is 0 Å². The molecule has 0 bridgehead atoms. The molecule has 140 valence electrons. The molecule has 3 rings (SSSR count). The molecule has 0 unspecified atom stereocenters. The number of carbonyl (C=O) groups is 1. The number of rotatable bonds is 5. The molecule has 0 spiro atoms. The maximum atomic E-state index is 12.6. The number of hydrogen-bond acceptors (Lipinski definition) is 5. The van der Waals surface area contributed by atoms with E-state index in [4.69, 9.17) is 9.47 Å². The summed E-state index contributed by atoms with van der Waals surface area (Å²) in [7, 11) is 1.83. The second kappa shape index (κ2) is 7.33. The molecule has 1 aliphatic heterocycles. The molecule has 7 heteroatoms. The highest BCUT2D eigenvalue weighted by Crippen LogP contribution is 2.35. The van der Waals surface area contributed by atoms with Crippen LogP contribution in [0.15, 0.2) is 12.4 Å². The zero-order chi connectivity index (χ0) is 18.0. The van der Waals surface area contributed by atoms with E-state index in [0.717, 1.165) is 25.7 Å². The molecule has 1 aromatic heterocycles. The molecule has 2 N–H and O–H groups in total. The van der Waals surface area contributed by atoms with E-state index in [2.05, 4.69) is 10.4 Å². The van der Waals surface area contributed by atoms with Crippen LogP contribution in [0.3, 0.4) is 0 Å². The number of hydrogen-bond donors (Lipinski definition) is 2. The second-order valence-electron chi connectivity index (χ2n) is 7.86. The lowest BCUT2D eigenvalue weighted by atomic mass is 9.74. The Balaban J connectivity index is 1.50. The van der Waals surface area contributed by atoms with E-state index in [1.54, 1.807) is 17.1 Å². The zero-order valence-corrected chi connectivity index (χ0v) is 15.3. The summed E-state index contributed by atoms with van der Waals surface area (Å²) in [4.78, 5) is 12.6. The van der Waals surface area contributed by atoms with Crippen LogP contribution in [0.2, 0.25) is 0 Å². The number of carbonyl (C=O) groups excluding carboxylic acids is 1. The first kappa shape index (κ1) is 18.2. The van der Waals surface area contributed by atoms with Crippen LogP contribution in [0, 0.1) is 11.8 Å². The Morgan fingerprint density at radius 3 is 2.68 bits per heavy atom. The first-order valence-electron chi connectivity index (χ1n) is 9.08. The summed E-state index contributed by atoms with van der Waals surface area (Å²) in [6.45, 7) is 4.64. The fraction of sp³-hybridized carbons (Fsp3) is 0.778. The molecule has 1 aliphatic carbocycles. The maximum Gasteiger partial charge on any atom is 0.223 e. The van der Waals surface area contributed by atoms with E-state index in [1.165, 1.54) is 0 Å². The van der Waals surface area contributed by atoms with E-state index >= 15 is 0 Å². The lowest BCUT2D eigenvalue weighted by molar-refractivity contribution is -0.128. The molecule has 7 nitrogen and oxygen atoms in total. The van der Waals surface area contributed by atoms with E-state index in [1.807, 2.05) is 20.9 Å². The zero-order valence-electron chi connectivity index (χ0n) is 15.3. The minimum Gasteiger partial charge on any atom is -0.482 e. The molecule has 2 fully saturated rings. The summed E-state index contributed by atoms with van der Waals surface area (Å²) in [6.07, 6.45) is 6.69. The predicted octanol–water partition coefficient (Wildman–Crippen LogP) is 1.26. The molecule has 1 saturated heterocycles. The largest absolute Gasteiger partial charge is 0.482 e. The highest BCUT2D eigenvalue weighted by Gasteiger charge is 2.36. The molecular weight excluding hydrogens is 322 g/mol. The first-order valence-corrected chi connectivity index (χ1v) is 9.08. The van der Waals surface area contributed by atoms with Gasteiger partial charge in [-0.25, -0.2) is 0 Å². The highest BCUT2D eigenvalue weighted by molar-refractivity contribution is 5.79. The number of aliphatic hydroxyl groups is 1. The smallest absolute Gasteiger partial charge is 0.223 e. The fourth-order valence-corrected chi connectivity index (χ4v) is 3.78. The standard InChI is InChI=1S/C18H29N3O4/c1-18(2,23)13-6-4-12(5-7-13)17(22)20-15-10-24-11-16(15)25-14-8-19-21(3)9-14/h8-9,12-13,15-16,23H,4-7,10-11H2,1-3H3,(H,20,22)/t12?,13?,15-,16+/m0/s1. The Labute approximate surface area is 148 Å². The Morgan fingerprint density at radius 1 is 1.36 bits per heavy atom.